The molecule has 3 N–H and O–H groups in total. The third-order valence-electron chi connectivity index (χ3n) is 1.99. The molecule has 0 amide bonds. The predicted octanol–water partition coefficient (Wildman–Crippen LogP) is 0.304. The number of rotatable bonds is 4. The Labute approximate surface area is 102 Å². The normalized spacial score (nSPS) is 11.1. The Kier molecular flexibility index (Phi) is 2.98. The first kappa shape index (κ1) is 12.0. The van der Waals surface area contributed by atoms with Crippen LogP contribution < -0.4 is 4.72 Å². The third-order valence-corrected chi connectivity index (χ3v) is 3.30. The zero-order chi connectivity index (χ0) is 13.2. The van der Waals surface area contributed by atoms with Gasteiger partial charge in [0.1, 0.15) is 5.69 Å². The monoisotopic (exact) mass is 268 g/mol. The molecule has 0 aromatic carbocycles. The molecule has 2 aromatic rings. The molecule has 0 aliphatic carbocycles. The Balaban J connectivity index is 2.30. The van der Waals surface area contributed by atoms with Crippen molar-refractivity contribution in [1.82, 2.24) is 15.0 Å². The van der Waals surface area contributed by atoms with E-state index in [1.807, 2.05) is 0 Å². The predicted molar refractivity (Wildman–Crippen MR) is 60.6 cm³/mol. The molecule has 0 spiro atoms. The number of carboxylic acids is 1. The van der Waals surface area contributed by atoms with Gasteiger partial charge < -0.3 is 10.1 Å². The maximum atomic E-state index is 11.8. The zero-order valence-electron chi connectivity index (χ0n) is 8.86. The topological polar surface area (TPSA) is 125 Å². The van der Waals surface area contributed by atoms with Crippen LogP contribution in [0.5, 0.6) is 0 Å². The molecular formula is C9H8N4O4S. The molecule has 0 fully saturated rings. The maximum Gasteiger partial charge on any atom is 0.354 e. The van der Waals surface area contributed by atoms with Gasteiger partial charge in [-0.3, -0.25) is 4.72 Å². The summed E-state index contributed by atoms with van der Waals surface area (Å²) in [6.07, 6.45) is 3.57. The second kappa shape index (κ2) is 4.45. The Morgan fingerprint density at radius 2 is 2.22 bits per heavy atom. The number of pyridine rings is 1. The van der Waals surface area contributed by atoms with Crippen molar-refractivity contribution in [2.24, 2.45) is 0 Å². The summed E-state index contributed by atoms with van der Waals surface area (Å²) in [5.74, 6) is -1.24. The molecule has 94 valence electrons. The first-order valence-corrected chi connectivity index (χ1v) is 6.18. The van der Waals surface area contributed by atoms with E-state index in [0.717, 1.165) is 12.3 Å². The second-order valence-corrected chi connectivity index (χ2v) is 4.91. The fourth-order valence-corrected chi connectivity index (χ4v) is 2.17. The van der Waals surface area contributed by atoms with Gasteiger partial charge in [0.05, 0.1) is 18.2 Å². The summed E-state index contributed by atoms with van der Waals surface area (Å²) in [5, 5.41) is 8.62. The van der Waals surface area contributed by atoms with E-state index in [1.165, 1.54) is 18.6 Å². The number of aromatic amines is 1. The lowest BCUT2D eigenvalue weighted by Crippen LogP contribution is -2.14. The third kappa shape index (κ3) is 2.46. The molecular weight excluding hydrogens is 260 g/mol. The average molecular weight is 268 g/mol. The van der Waals surface area contributed by atoms with E-state index in [0.29, 0.717) is 0 Å². The number of anilines is 1. The quantitative estimate of drug-likeness (QED) is 0.732. The second-order valence-electron chi connectivity index (χ2n) is 3.26. The molecule has 2 heterocycles. The van der Waals surface area contributed by atoms with Gasteiger partial charge in [0, 0.05) is 6.20 Å². The SMILES string of the molecule is O=C(O)c1cc(NS(=O)(=O)c2cnc[nH]2)ccn1. The molecule has 0 aliphatic rings. The van der Waals surface area contributed by atoms with E-state index in [1.54, 1.807) is 0 Å². The first-order chi connectivity index (χ1) is 8.49. The minimum Gasteiger partial charge on any atom is -0.477 e. The standard InChI is InChI=1S/C9H8N4O4S/c14-9(15)7-3-6(1-2-11-7)13-18(16,17)8-4-10-5-12-8/h1-5H,(H,10,12)(H,11,13)(H,14,15). The van der Waals surface area contributed by atoms with Crippen LogP contribution in [0.2, 0.25) is 0 Å². The zero-order valence-corrected chi connectivity index (χ0v) is 9.68. The number of carboxylic acid groups (broad SMARTS) is 1. The summed E-state index contributed by atoms with van der Waals surface area (Å²) in [7, 11) is -3.80. The van der Waals surface area contributed by atoms with Crippen molar-refractivity contribution in [2.45, 2.75) is 5.03 Å². The Bertz CT molecular complexity index is 666. The molecule has 0 radical (unpaired) electrons. The highest BCUT2D eigenvalue weighted by atomic mass is 32.2. The van der Waals surface area contributed by atoms with Gasteiger partial charge in [0.2, 0.25) is 0 Å². The summed E-state index contributed by atoms with van der Waals surface area (Å²) >= 11 is 0. The number of imidazole rings is 1. The number of sulfonamides is 1. The molecule has 2 aromatic heterocycles. The van der Waals surface area contributed by atoms with Crippen molar-refractivity contribution < 1.29 is 18.3 Å². The lowest BCUT2D eigenvalue weighted by Gasteiger charge is -2.06. The van der Waals surface area contributed by atoms with Crippen LogP contribution in [0.15, 0.2) is 35.9 Å². The summed E-state index contributed by atoms with van der Waals surface area (Å²) < 4.78 is 25.8. The fraction of sp³-hybridized carbons (Fsp3) is 0. The Hall–Kier alpha value is -2.42. The molecule has 0 atom stereocenters. The number of hydrogen-bond acceptors (Lipinski definition) is 5. The largest absolute Gasteiger partial charge is 0.477 e. The molecule has 0 saturated carbocycles. The van der Waals surface area contributed by atoms with Crippen molar-refractivity contribution in [1.29, 1.82) is 0 Å². The van der Waals surface area contributed by atoms with E-state index >= 15 is 0 Å². The number of aromatic nitrogens is 3. The number of aromatic carboxylic acids is 1. The lowest BCUT2D eigenvalue weighted by atomic mass is 10.3. The minimum atomic E-state index is -3.80. The van der Waals surface area contributed by atoms with E-state index in [9.17, 15) is 13.2 Å². The highest BCUT2D eigenvalue weighted by Gasteiger charge is 2.16. The average Bonchev–Trinajstić information content (AvgIpc) is 2.82. The van der Waals surface area contributed by atoms with E-state index in [4.69, 9.17) is 5.11 Å². The van der Waals surface area contributed by atoms with Crippen LogP contribution in [0.1, 0.15) is 10.5 Å². The van der Waals surface area contributed by atoms with E-state index < -0.39 is 16.0 Å². The maximum absolute atomic E-state index is 11.8. The first-order valence-electron chi connectivity index (χ1n) is 4.69. The number of nitrogens with one attached hydrogen (secondary N) is 2. The van der Waals surface area contributed by atoms with Crippen LogP contribution in [0.4, 0.5) is 5.69 Å². The number of hydrogen-bond donors (Lipinski definition) is 3. The summed E-state index contributed by atoms with van der Waals surface area (Å²) in [6.45, 7) is 0. The van der Waals surface area contributed by atoms with Crippen molar-refractivity contribution in [3.63, 3.8) is 0 Å². The summed E-state index contributed by atoms with van der Waals surface area (Å²) in [4.78, 5) is 20.3. The van der Waals surface area contributed by atoms with Gasteiger partial charge in [-0.1, -0.05) is 0 Å². The van der Waals surface area contributed by atoms with Crippen LogP contribution in [0, 0.1) is 0 Å². The van der Waals surface area contributed by atoms with Crippen LogP contribution in [-0.4, -0.2) is 34.4 Å². The molecule has 8 nitrogen and oxygen atoms in total. The van der Waals surface area contributed by atoms with E-state index in [2.05, 4.69) is 19.7 Å². The molecule has 0 saturated heterocycles. The molecule has 2 rings (SSSR count). The van der Waals surface area contributed by atoms with Crippen molar-refractivity contribution in [2.75, 3.05) is 4.72 Å². The molecule has 0 unspecified atom stereocenters. The fourth-order valence-electron chi connectivity index (χ4n) is 1.21. The highest BCUT2D eigenvalue weighted by molar-refractivity contribution is 7.92. The summed E-state index contributed by atoms with van der Waals surface area (Å²) in [6, 6.07) is 2.47. The highest BCUT2D eigenvalue weighted by Crippen LogP contribution is 2.14. The summed E-state index contributed by atoms with van der Waals surface area (Å²) in [5.41, 5.74) is -0.142. The molecule has 0 aliphatic heterocycles. The van der Waals surface area contributed by atoms with Crippen LogP contribution >= 0.6 is 0 Å². The number of H-pyrrole nitrogens is 1. The molecule has 9 heteroatoms. The Morgan fingerprint density at radius 1 is 1.44 bits per heavy atom. The number of nitrogens with zero attached hydrogens (tertiary/aromatic N) is 2. The lowest BCUT2D eigenvalue weighted by molar-refractivity contribution is 0.0690. The van der Waals surface area contributed by atoms with Crippen LogP contribution in [0.25, 0.3) is 0 Å². The van der Waals surface area contributed by atoms with Gasteiger partial charge in [0.15, 0.2) is 5.03 Å². The smallest absolute Gasteiger partial charge is 0.354 e. The van der Waals surface area contributed by atoms with Crippen LogP contribution in [0.3, 0.4) is 0 Å². The van der Waals surface area contributed by atoms with Gasteiger partial charge in [-0.25, -0.2) is 14.8 Å². The van der Waals surface area contributed by atoms with Crippen molar-refractivity contribution in [3.8, 4) is 0 Å². The van der Waals surface area contributed by atoms with Gasteiger partial charge in [0.25, 0.3) is 10.0 Å². The molecule has 18 heavy (non-hydrogen) atoms. The van der Waals surface area contributed by atoms with Gasteiger partial charge in [-0.15, -0.1) is 0 Å². The van der Waals surface area contributed by atoms with Gasteiger partial charge >= 0.3 is 5.97 Å². The van der Waals surface area contributed by atoms with E-state index in [-0.39, 0.29) is 16.4 Å². The minimum absolute atomic E-state index is 0.108. The molecule has 0 bridgehead atoms. The van der Waals surface area contributed by atoms with Crippen LogP contribution in [-0.2, 0) is 10.0 Å². The van der Waals surface area contributed by atoms with Gasteiger partial charge in [-0.05, 0) is 12.1 Å². The van der Waals surface area contributed by atoms with Crippen molar-refractivity contribution in [3.05, 3.63) is 36.5 Å². The van der Waals surface area contributed by atoms with Crippen molar-refractivity contribution >= 4 is 21.7 Å². The number of carbonyl (C=O) groups is 1. The Morgan fingerprint density at radius 3 is 2.83 bits per heavy atom. The van der Waals surface area contributed by atoms with Gasteiger partial charge in [-0.2, -0.15) is 8.42 Å².